The van der Waals surface area contributed by atoms with Gasteiger partial charge in [-0.2, -0.15) is 11.8 Å². The highest BCUT2D eigenvalue weighted by molar-refractivity contribution is 7.99. The van der Waals surface area contributed by atoms with Crippen molar-refractivity contribution in [3.05, 3.63) is 59.2 Å². The van der Waals surface area contributed by atoms with Crippen LogP contribution in [0.1, 0.15) is 46.2 Å². The van der Waals surface area contributed by atoms with E-state index in [0.29, 0.717) is 30.8 Å². The second-order valence-electron chi connectivity index (χ2n) is 8.25. The Hall–Kier alpha value is -2.55. The molecule has 2 heterocycles. The highest BCUT2D eigenvalue weighted by Crippen LogP contribution is 2.35. The fourth-order valence-corrected chi connectivity index (χ4v) is 5.03. The van der Waals surface area contributed by atoms with Crippen LogP contribution >= 0.6 is 11.8 Å². The number of ether oxygens (including phenoxy) is 3. The van der Waals surface area contributed by atoms with Gasteiger partial charge in [-0.25, -0.2) is 0 Å². The van der Waals surface area contributed by atoms with Crippen molar-refractivity contribution >= 4 is 24.0 Å². The highest BCUT2D eigenvalue weighted by Gasteiger charge is 2.37. The molecule has 8 heteroatoms. The zero-order chi connectivity index (χ0) is 22.7. The Morgan fingerprint density at radius 2 is 2.09 bits per heavy atom. The molecule has 0 radical (unpaired) electrons. The molecule has 4 rings (SSSR count). The molecule has 0 bridgehead atoms. The van der Waals surface area contributed by atoms with E-state index >= 15 is 0 Å². The van der Waals surface area contributed by atoms with Crippen LogP contribution in [0.25, 0.3) is 0 Å². The van der Waals surface area contributed by atoms with Crippen molar-refractivity contribution in [3.63, 3.8) is 0 Å². The summed E-state index contributed by atoms with van der Waals surface area (Å²) in [5, 5.41) is 9.89. The molecular formula is C24H27NO6S. The van der Waals surface area contributed by atoms with Gasteiger partial charge in [0, 0.05) is 23.6 Å². The van der Waals surface area contributed by atoms with Gasteiger partial charge < -0.3 is 24.2 Å². The summed E-state index contributed by atoms with van der Waals surface area (Å²) in [6, 6.07) is 12.0. The van der Waals surface area contributed by atoms with Gasteiger partial charge in [-0.3, -0.25) is 9.59 Å². The van der Waals surface area contributed by atoms with Crippen LogP contribution in [0.3, 0.4) is 0 Å². The molecule has 2 atom stereocenters. The van der Waals surface area contributed by atoms with Crippen molar-refractivity contribution in [2.24, 2.45) is 0 Å². The quantitative estimate of drug-likeness (QED) is 0.663. The van der Waals surface area contributed by atoms with Gasteiger partial charge in [-0.15, -0.1) is 0 Å². The van der Waals surface area contributed by atoms with Crippen LogP contribution in [-0.2, 0) is 9.47 Å². The summed E-state index contributed by atoms with van der Waals surface area (Å²) in [5.41, 5.74) is 1.53. The van der Waals surface area contributed by atoms with Gasteiger partial charge in [-0.05, 0) is 37.6 Å². The number of aldehydes is 1. The van der Waals surface area contributed by atoms with E-state index < -0.39 is 5.79 Å². The van der Waals surface area contributed by atoms with Gasteiger partial charge >= 0.3 is 0 Å². The Kier molecular flexibility index (Phi) is 6.74. The summed E-state index contributed by atoms with van der Waals surface area (Å²) in [5.74, 6) is 0.984. The van der Waals surface area contributed by atoms with Crippen molar-refractivity contribution < 1.29 is 28.9 Å². The molecule has 2 aliphatic heterocycles. The zero-order valence-electron chi connectivity index (χ0n) is 18.2. The lowest BCUT2D eigenvalue weighted by Crippen LogP contribution is -2.49. The Labute approximate surface area is 191 Å². The molecule has 1 N–H and O–H groups in total. The van der Waals surface area contributed by atoms with Gasteiger partial charge in [0.2, 0.25) is 0 Å². The summed E-state index contributed by atoms with van der Waals surface area (Å²) in [7, 11) is 0. The molecule has 2 aliphatic rings. The third kappa shape index (κ3) is 4.77. The van der Waals surface area contributed by atoms with E-state index in [9.17, 15) is 14.7 Å². The van der Waals surface area contributed by atoms with Crippen molar-refractivity contribution in [1.82, 2.24) is 4.90 Å². The van der Waals surface area contributed by atoms with E-state index in [1.54, 1.807) is 23.9 Å². The number of amides is 1. The lowest BCUT2D eigenvalue weighted by Gasteiger charge is -2.36. The molecule has 0 spiro atoms. The number of carbonyl (C=O) groups excluding carboxylic acids is 2. The molecule has 170 valence electrons. The third-order valence-corrected chi connectivity index (χ3v) is 6.72. The Balaban J connectivity index is 1.53. The minimum absolute atomic E-state index is 0.0747. The number of hydrogen-bond donors (Lipinski definition) is 1. The molecule has 2 aromatic carbocycles. The molecular weight excluding hydrogens is 430 g/mol. The van der Waals surface area contributed by atoms with Crippen LogP contribution < -0.4 is 4.74 Å². The van der Waals surface area contributed by atoms with E-state index in [-0.39, 0.29) is 36.0 Å². The molecule has 2 aromatic rings. The Bertz CT molecular complexity index is 994. The second-order valence-corrected chi connectivity index (χ2v) is 9.40. The maximum Gasteiger partial charge on any atom is 0.254 e. The molecule has 0 aromatic heterocycles. The molecule has 32 heavy (non-hydrogen) atoms. The lowest BCUT2D eigenvalue weighted by molar-refractivity contribution is -0.139. The Morgan fingerprint density at radius 3 is 2.84 bits per heavy atom. The molecule has 2 saturated heterocycles. The normalized spacial score (nSPS) is 22.5. The maximum absolute atomic E-state index is 13.6. The van der Waals surface area contributed by atoms with Gasteiger partial charge in [0.1, 0.15) is 24.2 Å². The van der Waals surface area contributed by atoms with Crippen molar-refractivity contribution in [1.29, 1.82) is 0 Å². The first-order valence-electron chi connectivity index (χ1n) is 10.6. The summed E-state index contributed by atoms with van der Waals surface area (Å²) < 4.78 is 17.6. The number of benzene rings is 2. The summed E-state index contributed by atoms with van der Waals surface area (Å²) in [6.07, 6.45) is 0.270. The van der Waals surface area contributed by atoms with Crippen molar-refractivity contribution in [3.8, 4) is 11.5 Å². The van der Waals surface area contributed by atoms with Gasteiger partial charge in [0.25, 0.3) is 5.91 Å². The third-order valence-electron chi connectivity index (χ3n) is 5.63. The fourth-order valence-electron chi connectivity index (χ4n) is 3.99. The monoisotopic (exact) mass is 457 g/mol. The maximum atomic E-state index is 13.6. The average molecular weight is 458 g/mol. The number of aromatic hydroxyl groups is 1. The van der Waals surface area contributed by atoms with Gasteiger partial charge in [-0.1, -0.05) is 24.3 Å². The minimum atomic E-state index is -0.684. The van der Waals surface area contributed by atoms with Crippen LogP contribution in [0.4, 0.5) is 0 Å². The first kappa shape index (κ1) is 22.6. The summed E-state index contributed by atoms with van der Waals surface area (Å²) in [4.78, 5) is 26.8. The number of phenols is 1. The predicted molar refractivity (Wildman–Crippen MR) is 121 cm³/mol. The van der Waals surface area contributed by atoms with Crippen LogP contribution in [0.5, 0.6) is 11.5 Å². The Morgan fingerprint density at radius 1 is 1.28 bits per heavy atom. The molecule has 1 amide bonds. The molecule has 0 saturated carbocycles. The van der Waals surface area contributed by atoms with Crippen LogP contribution in [0.15, 0.2) is 42.5 Å². The van der Waals surface area contributed by atoms with E-state index in [0.717, 1.165) is 17.1 Å². The number of nitrogens with zero attached hydrogens (tertiary/aromatic N) is 1. The standard InChI is InChI=1S/C24H27NO6S/c1-24(2)30-14-22(31-24)17-6-3-4-7-18(17)23(28)25-10-11-32-15-16(25)13-29-21-9-5-8-20(27)19(21)12-26/h3-9,12,16,22,27H,10-11,13-15H2,1-2H3/t16-,22+/m0/s1. The zero-order valence-corrected chi connectivity index (χ0v) is 19.0. The van der Waals surface area contributed by atoms with Gasteiger partial charge in [0.15, 0.2) is 12.1 Å². The van der Waals surface area contributed by atoms with Crippen molar-refractivity contribution in [2.75, 3.05) is 31.3 Å². The first-order chi connectivity index (χ1) is 15.4. The predicted octanol–water partition coefficient (Wildman–Crippen LogP) is 3.67. The molecule has 0 unspecified atom stereocenters. The summed E-state index contributed by atoms with van der Waals surface area (Å²) in [6.45, 7) is 4.94. The van der Waals surface area contributed by atoms with E-state index in [1.165, 1.54) is 6.07 Å². The number of thioether (sulfide) groups is 1. The number of rotatable bonds is 6. The summed E-state index contributed by atoms with van der Waals surface area (Å²) >= 11 is 1.76. The molecule has 7 nitrogen and oxygen atoms in total. The fraction of sp³-hybridized carbons (Fsp3) is 0.417. The van der Waals surface area contributed by atoms with E-state index in [4.69, 9.17) is 14.2 Å². The van der Waals surface area contributed by atoms with E-state index in [2.05, 4.69) is 0 Å². The minimum Gasteiger partial charge on any atom is -0.507 e. The van der Waals surface area contributed by atoms with E-state index in [1.807, 2.05) is 43.0 Å². The lowest BCUT2D eigenvalue weighted by atomic mass is 10.0. The molecule has 0 aliphatic carbocycles. The van der Waals surface area contributed by atoms with Crippen LogP contribution in [0.2, 0.25) is 0 Å². The van der Waals surface area contributed by atoms with Crippen molar-refractivity contribution in [2.45, 2.75) is 31.8 Å². The topological polar surface area (TPSA) is 85.3 Å². The molecule has 2 fully saturated rings. The average Bonchev–Trinajstić information content (AvgIpc) is 3.17. The second kappa shape index (κ2) is 9.52. The first-order valence-corrected chi connectivity index (χ1v) is 11.7. The smallest absolute Gasteiger partial charge is 0.254 e. The van der Waals surface area contributed by atoms with Crippen LogP contribution in [0, 0.1) is 0 Å². The number of hydrogen-bond acceptors (Lipinski definition) is 7. The SMILES string of the molecule is CC1(C)OC[C@H](c2ccccc2C(=O)N2CCSC[C@@H]2COc2cccc(O)c2C=O)O1. The number of carbonyl (C=O) groups is 2. The number of phenolic OH excluding ortho intramolecular Hbond substituents is 1. The van der Waals surface area contributed by atoms with Gasteiger partial charge in [0.05, 0.1) is 18.2 Å². The highest BCUT2D eigenvalue weighted by atomic mass is 32.2. The van der Waals surface area contributed by atoms with Crippen LogP contribution in [-0.4, -0.2) is 65.3 Å². The largest absolute Gasteiger partial charge is 0.507 e.